The minimum atomic E-state index is -0.771. The number of nitrogens with one attached hydrogen (secondary N) is 2. The SMILES string of the molecule is CNC(=O)c1cccc(CCNC(=O)[C@@H]2C[C@@H](O)CN2C(=O)[C@@H](n2cc(C3CC3)nn2)C(C)(C)C)c1. The average Bonchev–Trinajstić information content (AvgIpc) is 3.44. The van der Waals surface area contributed by atoms with Crippen molar-refractivity contribution >= 4 is 17.7 Å². The van der Waals surface area contributed by atoms with Crippen LogP contribution in [0.5, 0.6) is 0 Å². The monoisotopic (exact) mass is 496 g/mol. The van der Waals surface area contributed by atoms with Gasteiger partial charge < -0.3 is 20.6 Å². The van der Waals surface area contributed by atoms with E-state index < -0.39 is 23.6 Å². The Bertz CT molecular complexity index is 1120. The molecule has 10 heteroatoms. The van der Waals surface area contributed by atoms with Gasteiger partial charge in [0.25, 0.3) is 5.91 Å². The molecule has 0 bridgehead atoms. The molecule has 0 unspecified atom stereocenters. The maximum Gasteiger partial charge on any atom is 0.251 e. The Kier molecular flexibility index (Phi) is 7.44. The molecule has 194 valence electrons. The predicted octanol–water partition coefficient (Wildman–Crippen LogP) is 1.42. The van der Waals surface area contributed by atoms with Crippen LogP contribution in [0.2, 0.25) is 0 Å². The van der Waals surface area contributed by atoms with E-state index in [1.165, 1.54) is 4.90 Å². The summed E-state index contributed by atoms with van der Waals surface area (Å²) in [4.78, 5) is 40.2. The Morgan fingerprint density at radius 1 is 1.22 bits per heavy atom. The quantitative estimate of drug-likeness (QED) is 0.507. The number of likely N-dealkylation sites (tertiary alicyclic amines) is 1. The van der Waals surface area contributed by atoms with Gasteiger partial charge in [0.15, 0.2) is 0 Å². The van der Waals surface area contributed by atoms with Crippen molar-refractivity contribution in [2.75, 3.05) is 20.1 Å². The highest BCUT2D eigenvalue weighted by Gasteiger charge is 2.45. The van der Waals surface area contributed by atoms with E-state index in [0.29, 0.717) is 24.4 Å². The fraction of sp³-hybridized carbons (Fsp3) is 0.577. The summed E-state index contributed by atoms with van der Waals surface area (Å²) in [5, 5.41) is 24.4. The van der Waals surface area contributed by atoms with Crippen LogP contribution in [0.15, 0.2) is 30.5 Å². The molecule has 1 saturated heterocycles. The number of aliphatic hydroxyl groups is 1. The Morgan fingerprint density at radius 3 is 2.64 bits per heavy atom. The molecular weight excluding hydrogens is 460 g/mol. The fourth-order valence-corrected chi connectivity index (χ4v) is 4.79. The number of carbonyl (C=O) groups excluding carboxylic acids is 3. The van der Waals surface area contributed by atoms with Gasteiger partial charge in [0.1, 0.15) is 12.1 Å². The molecule has 1 saturated carbocycles. The fourth-order valence-electron chi connectivity index (χ4n) is 4.79. The van der Waals surface area contributed by atoms with Crippen LogP contribution in [-0.2, 0) is 16.0 Å². The Balaban J connectivity index is 1.43. The molecule has 0 radical (unpaired) electrons. The summed E-state index contributed by atoms with van der Waals surface area (Å²) in [6.07, 6.45) is 3.97. The molecule has 1 aliphatic carbocycles. The molecule has 2 aliphatic rings. The molecule has 2 heterocycles. The second-order valence-electron chi connectivity index (χ2n) is 10.9. The Hall–Kier alpha value is -3.27. The van der Waals surface area contributed by atoms with Crippen molar-refractivity contribution in [3.8, 4) is 0 Å². The largest absolute Gasteiger partial charge is 0.391 e. The molecule has 1 aromatic carbocycles. The highest BCUT2D eigenvalue weighted by atomic mass is 16.3. The van der Waals surface area contributed by atoms with Crippen LogP contribution in [0.3, 0.4) is 0 Å². The van der Waals surface area contributed by atoms with Crippen molar-refractivity contribution in [2.45, 2.75) is 70.6 Å². The molecule has 3 atom stereocenters. The van der Waals surface area contributed by atoms with E-state index in [0.717, 1.165) is 24.1 Å². The number of β-amino-alcohol motifs (C(OH)–C–C–N with tert-alkyl or cyclic N) is 1. The van der Waals surface area contributed by atoms with Gasteiger partial charge in [0.05, 0.1) is 11.8 Å². The molecule has 1 aliphatic heterocycles. The van der Waals surface area contributed by atoms with Crippen LogP contribution in [0.4, 0.5) is 0 Å². The van der Waals surface area contributed by atoms with Crippen LogP contribution in [0.25, 0.3) is 0 Å². The Morgan fingerprint density at radius 2 is 1.97 bits per heavy atom. The second kappa shape index (κ2) is 10.4. The van der Waals surface area contributed by atoms with Gasteiger partial charge in [-0.1, -0.05) is 38.1 Å². The first-order valence-electron chi connectivity index (χ1n) is 12.6. The number of carbonyl (C=O) groups is 3. The van der Waals surface area contributed by atoms with Gasteiger partial charge >= 0.3 is 0 Å². The van der Waals surface area contributed by atoms with Crippen LogP contribution in [-0.4, -0.2) is 75.0 Å². The minimum absolute atomic E-state index is 0.0991. The van der Waals surface area contributed by atoms with Crippen LogP contribution in [0, 0.1) is 5.41 Å². The normalized spacial score (nSPS) is 20.8. The van der Waals surface area contributed by atoms with E-state index in [1.54, 1.807) is 29.9 Å². The number of amides is 3. The van der Waals surface area contributed by atoms with Gasteiger partial charge in [-0.2, -0.15) is 0 Å². The predicted molar refractivity (Wildman–Crippen MR) is 133 cm³/mol. The van der Waals surface area contributed by atoms with Crippen LogP contribution in [0.1, 0.15) is 73.6 Å². The second-order valence-corrected chi connectivity index (χ2v) is 10.9. The summed E-state index contributed by atoms with van der Waals surface area (Å²) in [5.41, 5.74) is 1.90. The number of nitrogens with zero attached hydrogens (tertiary/aromatic N) is 4. The first kappa shape index (κ1) is 25.8. The zero-order valence-electron chi connectivity index (χ0n) is 21.4. The summed E-state index contributed by atoms with van der Waals surface area (Å²) in [5.74, 6) is -0.296. The number of aliphatic hydroxyl groups excluding tert-OH is 1. The van der Waals surface area contributed by atoms with Gasteiger partial charge in [-0.25, -0.2) is 4.68 Å². The number of hydrogen-bond donors (Lipinski definition) is 3. The molecule has 4 rings (SSSR count). The molecule has 10 nitrogen and oxygen atoms in total. The molecule has 3 N–H and O–H groups in total. The lowest BCUT2D eigenvalue weighted by atomic mass is 9.85. The van der Waals surface area contributed by atoms with Crippen LogP contribution < -0.4 is 10.6 Å². The van der Waals surface area contributed by atoms with E-state index in [9.17, 15) is 19.5 Å². The van der Waals surface area contributed by atoms with Crippen molar-refractivity contribution < 1.29 is 19.5 Å². The third-order valence-corrected chi connectivity index (χ3v) is 6.84. The lowest BCUT2D eigenvalue weighted by Gasteiger charge is -2.34. The zero-order chi connectivity index (χ0) is 26.0. The van der Waals surface area contributed by atoms with Gasteiger partial charge in [0.2, 0.25) is 11.8 Å². The van der Waals surface area contributed by atoms with E-state index >= 15 is 0 Å². The van der Waals surface area contributed by atoms with E-state index in [-0.39, 0.29) is 30.7 Å². The Labute approximate surface area is 211 Å². The van der Waals surface area contributed by atoms with Gasteiger partial charge in [-0.15, -0.1) is 5.10 Å². The molecule has 36 heavy (non-hydrogen) atoms. The minimum Gasteiger partial charge on any atom is -0.391 e. The highest BCUT2D eigenvalue weighted by Crippen LogP contribution is 2.40. The van der Waals surface area contributed by atoms with Crippen LogP contribution >= 0.6 is 0 Å². The summed E-state index contributed by atoms with van der Waals surface area (Å²) in [6, 6.07) is 5.82. The molecule has 1 aromatic heterocycles. The summed E-state index contributed by atoms with van der Waals surface area (Å²) in [7, 11) is 1.58. The maximum atomic E-state index is 13.8. The van der Waals surface area contributed by atoms with Crippen molar-refractivity contribution in [3.05, 3.63) is 47.3 Å². The lowest BCUT2D eigenvalue weighted by Crippen LogP contribution is -2.50. The molecule has 2 fully saturated rings. The number of rotatable bonds is 8. The van der Waals surface area contributed by atoms with Gasteiger partial charge in [-0.05, 0) is 42.4 Å². The topological polar surface area (TPSA) is 129 Å². The van der Waals surface area contributed by atoms with Gasteiger partial charge in [-0.3, -0.25) is 14.4 Å². The number of benzene rings is 1. The van der Waals surface area contributed by atoms with Crippen molar-refractivity contribution in [3.63, 3.8) is 0 Å². The van der Waals surface area contributed by atoms with Crippen molar-refractivity contribution in [2.24, 2.45) is 5.41 Å². The number of aromatic nitrogens is 3. The molecule has 3 amide bonds. The molecular formula is C26H36N6O4. The third kappa shape index (κ3) is 5.75. The summed E-state index contributed by atoms with van der Waals surface area (Å²) < 4.78 is 1.62. The zero-order valence-corrected chi connectivity index (χ0v) is 21.4. The van der Waals surface area contributed by atoms with Gasteiger partial charge in [0, 0.05) is 44.2 Å². The van der Waals surface area contributed by atoms with Crippen molar-refractivity contribution in [1.82, 2.24) is 30.5 Å². The summed E-state index contributed by atoms with van der Waals surface area (Å²) >= 11 is 0. The molecule has 0 spiro atoms. The maximum absolute atomic E-state index is 13.8. The van der Waals surface area contributed by atoms with E-state index in [4.69, 9.17) is 0 Å². The first-order valence-corrected chi connectivity index (χ1v) is 12.6. The molecule has 2 aromatic rings. The number of hydrogen-bond acceptors (Lipinski definition) is 6. The third-order valence-electron chi connectivity index (χ3n) is 6.84. The van der Waals surface area contributed by atoms with E-state index in [1.807, 2.05) is 33.0 Å². The smallest absolute Gasteiger partial charge is 0.251 e. The van der Waals surface area contributed by atoms with E-state index in [2.05, 4.69) is 20.9 Å². The lowest BCUT2D eigenvalue weighted by molar-refractivity contribution is -0.144. The first-order chi connectivity index (χ1) is 17.1. The van der Waals surface area contributed by atoms with Crippen molar-refractivity contribution in [1.29, 1.82) is 0 Å². The summed E-state index contributed by atoms with van der Waals surface area (Å²) in [6.45, 7) is 6.33. The average molecular weight is 497 g/mol. The standard InChI is InChI=1S/C26H36N6O4/c1-26(2,3)22(32-15-20(29-30-32)17-8-9-17)25(36)31-14-19(33)13-21(31)24(35)28-11-10-16-6-5-7-18(12-16)23(34)27-4/h5-7,12,15,17,19,21-22,33H,8-11,13-14H2,1-4H3,(H,27,34)(H,28,35)/t19-,21+,22-/m1/s1. The highest BCUT2D eigenvalue weighted by molar-refractivity contribution is 5.94.